The molecular weight excluding hydrogens is 460 g/mol. The topological polar surface area (TPSA) is 33.1 Å². The molecule has 2 aromatic carbocycles. The molecule has 4 aromatic rings. The number of thiocarbonyl (C=S) groups is 1. The molecule has 0 saturated carbocycles. The number of nitrogens with zero attached hydrogens (tertiary/aromatic N) is 3. The predicted molar refractivity (Wildman–Crippen MR) is 153 cm³/mol. The van der Waals surface area contributed by atoms with Gasteiger partial charge >= 0.3 is 0 Å². The van der Waals surface area contributed by atoms with Crippen LogP contribution in [0.15, 0.2) is 79.0 Å². The summed E-state index contributed by atoms with van der Waals surface area (Å²) in [5.74, 6) is 0.484. The minimum atomic E-state index is -0.0557. The van der Waals surface area contributed by atoms with Gasteiger partial charge in [-0.1, -0.05) is 51.1 Å². The van der Waals surface area contributed by atoms with Gasteiger partial charge < -0.3 is 14.8 Å². The van der Waals surface area contributed by atoms with E-state index in [4.69, 9.17) is 17.2 Å². The molecule has 0 spiro atoms. The summed E-state index contributed by atoms with van der Waals surface area (Å²) in [6, 6.07) is 26.0. The van der Waals surface area contributed by atoms with Crippen molar-refractivity contribution in [3.05, 3.63) is 113 Å². The second-order valence-corrected chi connectivity index (χ2v) is 10.3. The largest absolute Gasteiger partial charge is 0.351 e. The van der Waals surface area contributed by atoms with E-state index in [0.717, 1.165) is 22.9 Å². The normalized spacial score (nSPS) is 17.6. The molecule has 1 N–H and O–H groups in total. The van der Waals surface area contributed by atoms with Crippen LogP contribution < -0.4 is 10.2 Å². The Labute approximate surface area is 220 Å². The Hall–Kier alpha value is -3.44. The fourth-order valence-electron chi connectivity index (χ4n) is 5.33. The number of aryl methyl sites for hydroxylation is 2. The molecule has 1 saturated heterocycles. The summed E-state index contributed by atoms with van der Waals surface area (Å²) < 4.78 is 2.35. The molecule has 1 aliphatic heterocycles. The summed E-state index contributed by atoms with van der Waals surface area (Å²) in [6.07, 6.45) is 2.90. The molecule has 0 amide bonds. The Morgan fingerprint density at radius 3 is 2.25 bits per heavy atom. The molecule has 184 valence electrons. The van der Waals surface area contributed by atoms with Crippen LogP contribution in [-0.4, -0.2) is 14.7 Å². The average molecular weight is 495 g/mol. The lowest BCUT2D eigenvalue weighted by molar-refractivity contribution is 0.565. The third-order valence-electron chi connectivity index (χ3n) is 7.33. The number of anilines is 1. The molecular formula is C31H34N4S. The van der Waals surface area contributed by atoms with Gasteiger partial charge in [0.1, 0.15) is 0 Å². The standard InChI is InChI=1S/C31H34N4S/c1-6-23-10-14-25(15-11-23)34-21(4)19-27(22(34)5)30-29(28-9-7-8-18-32-28)33-31(36)35(30)26-16-12-24(13-17-26)20(2)3/h7-20,29-30H,6H2,1-5H3,(H,33,36)/t29-,30+/m1/s1. The molecule has 5 heteroatoms. The van der Waals surface area contributed by atoms with Gasteiger partial charge in [-0.15, -0.1) is 0 Å². The minimum absolute atomic E-state index is 0.0211. The van der Waals surface area contributed by atoms with E-state index in [1.54, 1.807) is 0 Å². The maximum Gasteiger partial charge on any atom is 0.174 e. The number of hydrogen-bond acceptors (Lipinski definition) is 2. The number of rotatable bonds is 6. The molecule has 1 aliphatic rings. The zero-order valence-corrected chi connectivity index (χ0v) is 22.5. The summed E-state index contributed by atoms with van der Waals surface area (Å²) in [4.78, 5) is 6.99. The Bertz CT molecular complexity index is 1350. The van der Waals surface area contributed by atoms with Gasteiger partial charge in [-0.05, 0) is 97.6 Å². The van der Waals surface area contributed by atoms with Gasteiger partial charge in [0.2, 0.25) is 0 Å². The fraction of sp³-hybridized carbons (Fsp3) is 0.290. The fourth-order valence-corrected chi connectivity index (χ4v) is 5.68. The van der Waals surface area contributed by atoms with E-state index in [2.05, 4.69) is 110 Å². The van der Waals surface area contributed by atoms with Crippen molar-refractivity contribution in [3.63, 3.8) is 0 Å². The van der Waals surface area contributed by atoms with Crippen LogP contribution in [0.2, 0.25) is 0 Å². The lowest BCUT2D eigenvalue weighted by Gasteiger charge is -2.28. The second kappa shape index (κ2) is 9.90. The lowest BCUT2D eigenvalue weighted by atomic mass is 9.96. The van der Waals surface area contributed by atoms with Crippen LogP contribution >= 0.6 is 12.2 Å². The lowest BCUT2D eigenvalue weighted by Crippen LogP contribution is -2.29. The monoisotopic (exact) mass is 494 g/mol. The van der Waals surface area contributed by atoms with Gasteiger partial charge in [0, 0.05) is 29.0 Å². The number of benzene rings is 2. The Balaban J connectivity index is 1.63. The molecule has 36 heavy (non-hydrogen) atoms. The van der Waals surface area contributed by atoms with E-state index in [0.29, 0.717) is 5.92 Å². The Morgan fingerprint density at radius 2 is 1.64 bits per heavy atom. The molecule has 0 bridgehead atoms. The minimum Gasteiger partial charge on any atom is -0.351 e. The molecule has 2 atom stereocenters. The molecule has 1 fully saturated rings. The SMILES string of the molecule is CCc1ccc(-n2c(C)cc([C@H]3[C@@H](c4ccccn4)NC(=S)N3c3ccc(C(C)C)cc3)c2C)cc1. The quantitative estimate of drug-likeness (QED) is 0.284. The van der Waals surface area contributed by atoms with Crippen molar-refractivity contribution in [3.8, 4) is 5.69 Å². The first kappa shape index (κ1) is 24.3. The van der Waals surface area contributed by atoms with Crippen molar-refractivity contribution in [2.45, 2.75) is 59.0 Å². The van der Waals surface area contributed by atoms with Gasteiger partial charge in [0.05, 0.1) is 17.8 Å². The van der Waals surface area contributed by atoms with Gasteiger partial charge in [0.25, 0.3) is 0 Å². The summed E-state index contributed by atoms with van der Waals surface area (Å²) >= 11 is 5.95. The highest BCUT2D eigenvalue weighted by Gasteiger charge is 2.42. The van der Waals surface area contributed by atoms with Crippen molar-refractivity contribution in [2.24, 2.45) is 0 Å². The third kappa shape index (κ3) is 4.33. The van der Waals surface area contributed by atoms with E-state index in [1.165, 1.54) is 33.8 Å². The highest BCUT2D eigenvalue weighted by atomic mass is 32.1. The highest BCUT2D eigenvalue weighted by molar-refractivity contribution is 7.80. The van der Waals surface area contributed by atoms with Crippen molar-refractivity contribution in [2.75, 3.05) is 4.90 Å². The average Bonchev–Trinajstić information content (AvgIpc) is 3.39. The van der Waals surface area contributed by atoms with Crippen molar-refractivity contribution >= 4 is 23.0 Å². The van der Waals surface area contributed by atoms with Crippen LogP contribution in [0.3, 0.4) is 0 Å². The van der Waals surface area contributed by atoms with Gasteiger partial charge in [-0.2, -0.15) is 0 Å². The second-order valence-electron chi connectivity index (χ2n) is 9.92. The van der Waals surface area contributed by atoms with E-state index in [1.807, 2.05) is 18.3 Å². The first-order chi connectivity index (χ1) is 17.4. The van der Waals surface area contributed by atoms with Crippen molar-refractivity contribution in [1.29, 1.82) is 0 Å². The van der Waals surface area contributed by atoms with Crippen LogP contribution in [-0.2, 0) is 6.42 Å². The first-order valence-corrected chi connectivity index (χ1v) is 13.2. The molecule has 3 heterocycles. The third-order valence-corrected chi connectivity index (χ3v) is 7.64. The number of pyridine rings is 1. The molecule has 2 aromatic heterocycles. The maximum atomic E-state index is 5.95. The van der Waals surface area contributed by atoms with Crippen LogP contribution in [0.5, 0.6) is 0 Å². The van der Waals surface area contributed by atoms with Gasteiger partial charge in [0.15, 0.2) is 5.11 Å². The summed E-state index contributed by atoms with van der Waals surface area (Å²) in [5.41, 5.74) is 9.62. The zero-order valence-electron chi connectivity index (χ0n) is 21.7. The van der Waals surface area contributed by atoms with Gasteiger partial charge in [-0.25, -0.2) is 0 Å². The Morgan fingerprint density at radius 1 is 0.944 bits per heavy atom. The molecule has 5 rings (SSSR count). The zero-order chi connectivity index (χ0) is 25.4. The smallest absolute Gasteiger partial charge is 0.174 e. The predicted octanol–water partition coefficient (Wildman–Crippen LogP) is 7.35. The summed E-state index contributed by atoms with van der Waals surface area (Å²) in [5, 5.41) is 4.33. The van der Waals surface area contributed by atoms with Crippen molar-refractivity contribution in [1.82, 2.24) is 14.9 Å². The van der Waals surface area contributed by atoms with Gasteiger partial charge in [-0.3, -0.25) is 4.98 Å². The summed E-state index contributed by atoms with van der Waals surface area (Å²) in [6.45, 7) is 11.0. The number of hydrogen-bond donors (Lipinski definition) is 1. The van der Waals surface area contributed by atoms with Crippen LogP contribution in [0.25, 0.3) is 5.69 Å². The molecule has 0 radical (unpaired) electrons. The van der Waals surface area contributed by atoms with E-state index in [9.17, 15) is 0 Å². The van der Waals surface area contributed by atoms with E-state index in [-0.39, 0.29) is 12.1 Å². The summed E-state index contributed by atoms with van der Waals surface area (Å²) in [7, 11) is 0. The number of aromatic nitrogens is 2. The maximum absolute atomic E-state index is 5.95. The first-order valence-electron chi connectivity index (χ1n) is 12.8. The van der Waals surface area contributed by atoms with Crippen LogP contribution in [0.1, 0.15) is 72.5 Å². The van der Waals surface area contributed by atoms with E-state index < -0.39 is 0 Å². The number of nitrogens with one attached hydrogen (secondary N) is 1. The molecule has 4 nitrogen and oxygen atoms in total. The molecule has 0 aliphatic carbocycles. The van der Waals surface area contributed by atoms with Crippen LogP contribution in [0, 0.1) is 13.8 Å². The van der Waals surface area contributed by atoms with Crippen LogP contribution in [0.4, 0.5) is 5.69 Å². The Kier molecular flexibility index (Phi) is 6.67. The van der Waals surface area contributed by atoms with E-state index >= 15 is 0 Å². The highest BCUT2D eigenvalue weighted by Crippen LogP contribution is 2.44. The van der Waals surface area contributed by atoms with Crippen molar-refractivity contribution < 1.29 is 0 Å². The molecule has 0 unspecified atom stereocenters.